The van der Waals surface area contributed by atoms with Gasteiger partial charge in [0.05, 0.1) is 12.6 Å². The van der Waals surface area contributed by atoms with E-state index in [-0.39, 0.29) is 42.3 Å². The number of benzene rings is 2. The molecule has 7 heteroatoms. The molecule has 2 aromatic rings. The van der Waals surface area contributed by atoms with Crippen LogP contribution in [0.4, 0.5) is 4.39 Å². The van der Waals surface area contributed by atoms with E-state index in [4.69, 9.17) is 9.47 Å². The number of halogens is 1. The summed E-state index contributed by atoms with van der Waals surface area (Å²) in [5.74, 6) is 1.19. The van der Waals surface area contributed by atoms with Crippen LogP contribution in [0.15, 0.2) is 36.4 Å². The molecule has 1 N–H and O–H groups in total. The summed E-state index contributed by atoms with van der Waals surface area (Å²) in [5.41, 5.74) is 2.64. The highest BCUT2D eigenvalue weighted by atomic mass is 19.1. The predicted octanol–water partition coefficient (Wildman–Crippen LogP) is 4.34. The fraction of sp³-hybridized carbons (Fsp3) is 0.481. The maximum Gasteiger partial charge on any atom is 0.241 e. The van der Waals surface area contributed by atoms with Gasteiger partial charge >= 0.3 is 0 Å². The van der Waals surface area contributed by atoms with Crippen molar-refractivity contribution < 1.29 is 23.5 Å². The second kappa shape index (κ2) is 10.5. The first kappa shape index (κ1) is 24.0. The zero-order valence-corrected chi connectivity index (χ0v) is 20.1. The Morgan fingerprint density at radius 1 is 1.12 bits per heavy atom. The number of fused-ring (bicyclic) bond motifs is 1. The lowest BCUT2D eigenvalue weighted by molar-refractivity contribution is -0.132. The Kier molecular flexibility index (Phi) is 7.39. The summed E-state index contributed by atoms with van der Waals surface area (Å²) in [6.07, 6.45) is 4.64. The number of rotatable bonds is 6. The number of nitrogens with zero attached hydrogens (tertiary/aromatic N) is 1. The Balaban J connectivity index is 1.29. The lowest BCUT2D eigenvalue weighted by atomic mass is 9.86. The van der Waals surface area contributed by atoms with E-state index in [1.54, 1.807) is 27.1 Å². The summed E-state index contributed by atoms with van der Waals surface area (Å²) in [6.45, 7) is 1.83. The second-order valence-electron chi connectivity index (χ2n) is 9.47. The average Bonchev–Trinajstić information content (AvgIpc) is 2.84. The first-order valence-electron chi connectivity index (χ1n) is 12.0. The molecule has 1 aliphatic heterocycles. The minimum Gasteiger partial charge on any atom is -0.490 e. The molecule has 0 spiro atoms. The summed E-state index contributed by atoms with van der Waals surface area (Å²) in [5, 5.41) is 2.75. The lowest BCUT2D eigenvalue weighted by Gasteiger charge is -2.30. The molecule has 0 aromatic heterocycles. The van der Waals surface area contributed by atoms with Crippen molar-refractivity contribution in [3.8, 4) is 11.5 Å². The smallest absolute Gasteiger partial charge is 0.241 e. The Hall–Kier alpha value is -3.09. The molecule has 0 radical (unpaired) electrons. The van der Waals surface area contributed by atoms with Gasteiger partial charge in [-0.05, 0) is 86.4 Å². The van der Waals surface area contributed by atoms with Crippen LogP contribution in [0, 0.1) is 18.7 Å². The molecule has 2 amide bonds. The van der Waals surface area contributed by atoms with Gasteiger partial charge in [0.1, 0.15) is 23.4 Å². The van der Waals surface area contributed by atoms with E-state index in [1.165, 1.54) is 11.0 Å². The molecular weight excluding hydrogens is 435 g/mol. The highest BCUT2D eigenvalue weighted by Gasteiger charge is 2.28. The molecule has 2 aromatic carbocycles. The third-order valence-electron chi connectivity index (χ3n) is 6.89. The number of nitrogens with one attached hydrogen (secondary N) is 1. The van der Waals surface area contributed by atoms with Crippen LogP contribution in [-0.4, -0.2) is 43.5 Å². The molecule has 1 saturated carbocycles. The molecule has 1 aliphatic carbocycles. The molecule has 2 aliphatic rings. The fourth-order valence-corrected chi connectivity index (χ4v) is 4.73. The van der Waals surface area contributed by atoms with Crippen molar-refractivity contribution in [1.82, 2.24) is 10.2 Å². The van der Waals surface area contributed by atoms with Crippen LogP contribution in [-0.2, 0) is 16.0 Å². The SMILES string of the molecule is Cc1c(F)cccc1C1CCc2cc(OC3CCC(C(=O)NCC(=O)N(C)C)CC3)ccc2O1. The zero-order valence-electron chi connectivity index (χ0n) is 20.1. The predicted molar refractivity (Wildman–Crippen MR) is 127 cm³/mol. The topological polar surface area (TPSA) is 67.9 Å². The summed E-state index contributed by atoms with van der Waals surface area (Å²) in [6, 6.07) is 11.0. The van der Waals surface area contributed by atoms with Gasteiger partial charge in [0, 0.05) is 20.0 Å². The second-order valence-corrected chi connectivity index (χ2v) is 9.47. The van der Waals surface area contributed by atoms with Crippen LogP contribution in [0.2, 0.25) is 0 Å². The van der Waals surface area contributed by atoms with E-state index in [0.717, 1.165) is 61.2 Å². The van der Waals surface area contributed by atoms with Crippen LogP contribution in [0.25, 0.3) is 0 Å². The number of hydrogen-bond acceptors (Lipinski definition) is 4. The van der Waals surface area contributed by atoms with Crippen molar-refractivity contribution in [1.29, 1.82) is 0 Å². The zero-order chi connectivity index (χ0) is 24.2. The highest BCUT2D eigenvalue weighted by Crippen LogP contribution is 2.38. The molecule has 4 rings (SSSR count). The first-order chi connectivity index (χ1) is 16.3. The van der Waals surface area contributed by atoms with Crippen LogP contribution in [0.1, 0.15) is 54.9 Å². The van der Waals surface area contributed by atoms with Crippen LogP contribution in [0.3, 0.4) is 0 Å². The van der Waals surface area contributed by atoms with Gasteiger partial charge in [0.15, 0.2) is 0 Å². The van der Waals surface area contributed by atoms with Gasteiger partial charge in [-0.25, -0.2) is 4.39 Å². The normalized spacial score (nSPS) is 21.7. The number of likely N-dealkylation sites (N-methyl/N-ethyl adjacent to an activating group) is 1. The number of carbonyl (C=O) groups is 2. The quantitative estimate of drug-likeness (QED) is 0.685. The van der Waals surface area contributed by atoms with E-state index in [1.807, 2.05) is 24.3 Å². The largest absolute Gasteiger partial charge is 0.490 e. The highest BCUT2D eigenvalue weighted by molar-refractivity contribution is 5.85. The van der Waals surface area contributed by atoms with Gasteiger partial charge < -0.3 is 19.7 Å². The van der Waals surface area contributed by atoms with E-state index in [9.17, 15) is 14.0 Å². The van der Waals surface area contributed by atoms with Crippen LogP contribution in [0.5, 0.6) is 11.5 Å². The van der Waals surface area contributed by atoms with Crippen LogP contribution < -0.4 is 14.8 Å². The van der Waals surface area contributed by atoms with Crippen molar-refractivity contribution in [3.63, 3.8) is 0 Å². The molecule has 0 saturated heterocycles. The van der Waals surface area contributed by atoms with Gasteiger partial charge in [-0.2, -0.15) is 0 Å². The van der Waals surface area contributed by atoms with Crippen LogP contribution >= 0.6 is 0 Å². The molecule has 1 fully saturated rings. The maximum atomic E-state index is 14.0. The lowest BCUT2D eigenvalue weighted by Crippen LogP contribution is -2.40. The molecule has 1 heterocycles. The van der Waals surface area contributed by atoms with E-state index >= 15 is 0 Å². The maximum absolute atomic E-state index is 14.0. The molecular formula is C27H33FN2O4. The third kappa shape index (κ3) is 5.51. The van der Waals surface area contributed by atoms with Crippen molar-refractivity contribution in [2.75, 3.05) is 20.6 Å². The number of carbonyl (C=O) groups excluding carboxylic acids is 2. The van der Waals surface area contributed by atoms with Crippen molar-refractivity contribution in [2.24, 2.45) is 5.92 Å². The summed E-state index contributed by atoms with van der Waals surface area (Å²) >= 11 is 0. The van der Waals surface area contributed by atoms with Crippen molar-refractivity contribution in [3.05, 3.63) is 58.9 Å². The van der Waals surface area contributed by atoms with E-state index < -0.39 is 0 Å². The van der Waals surface area contributed by atoms with Gasteiger partial charge in [-0.15, -0.1) is 0 Å². The Morgan fingerprint density at radius 3 is 2.62 bits per heavy atom. The molecule has 6 nitrogen and oxygen atoms in total. The molecule has 1 unspecified atom stereocenters. The fourth-order valence-electron chi connectivity index (χ4n) is 4.73. The third-order valence-corrected chi connectivity index (χ3v) is 6.89. The summed E-state index contributed by atoms with van der Waals surface area (Å²) in [4.78, 5) is 25.5. The average molecular weight is 469 g/mol. The van der Waals surface area contributed by atoms with Crippen molar-refractivity contribution in [2.45, 2.75) is 57.7 Å². The monoisotopic (exact) mass is 468 g/mol. The standard InChI is InChI=1S/C27H33FN2O4/c1-17-22(5-4-6-23(17)28)25-13-9-19-15-21(12-14-24(19)34-25)33-20-10-7-18(8-11-20)27(32)29-16-26(31)30(2)3/h4-6,12,14-15,18,20,25H,7-11,13,16H2,1-3H3,(H,29,32). The number of aryl methyl sites for hydroxylation is 1. The van der Waals surface area contributed by atoms with Crippen molar-refractivity contribution >= 4 is 11.8 Å². The van der Waals surface area contributed by atoms with Gasteiger partial charge in [-0.1, -0.05) is 12.1 Å². The minimum atomic E-state index is -0.204. The molecule has 182 valence electrons. The number of amides is 2. The Morgan fingerprint density at radius 2 is 1.88 bits per heavy atom. The van der Waals surface area contributed by atoms with E-state index in [0.29, 0.717) is 5.56 Å². The molecule has 1 atom stereocenters. The van der Waals surface area contributed by atoms with Gasteiger partial charge in [-0.3, -0.25) is 9.59 Å². The van der Waals surface area contributed by atoms with Gasteiger partial charge in [0.25, 0.3) is 0 Å². The van der Waals surface area contributed by atoms with E-state index in [2.05, 4.69) is 5.32 Å². The Labute approximate surface area is 200 Å². The number of ether oxygens (including phenoxy) is 2. The molecule has 0 bridgehead atoms. The molecule has 34 heavy (non-hydrogen) atoms. The Bertz CT molecular complexity index is 1050. The first-order valence-corrected chi connectivity index (χ1v) is 12.0. The summed E-state index contributed by atoms with van der Waals surface area (Å²) in [7, 11) is 3.35. The van der Waals surface area contributed by atoms with Gasteiger partial charge in [0.2, 0.25) is 11.8 Å². The minimum absolute atomic E-state index is 0.0408. The summed E-state index contributed by atoms with van der Waals surface area (Å²) < 4.78 is 26.4. The number of hydrogen-bond donors (Lipinski definition) is 1.